The van der Waals surface area contributed by atoms with E-state index in [2.05, 4.69) is 11.8 Å². The zero-order valence-corrected chi connectivity index (χ0v) is 16.9. The Kier molecular flexibility index (Phi) is 7.19. The molecule has 6 nitrogen and oxygen atoms in total. The number of fused-ring (bicyclic) bond motifs is 1. The lowest BCUT2D eigenvalue weighted by Gasteiger charge is -2.21. The number of benzene rings is 1. The molecule has 0 radical (unpaired) electrons. The van der Waals surface area contributed by atoms with E-state index in [1.54, 1.807) is 13.8 Å². The molecule has 1 fully saturated rings. The number of ether oxygens (including phenoxy) is 3. The van der Waals surface area contributed by atoms with Gasteiger partial charge in [0.05, 0.1) is 35.8 Å². The fourth-order valence-electron chi connectivity index (χ4n) is 3.33. The Labute approximate surface area is 172 Å². The molecule has 1 unspecified atom stereocenters. The Morgan fingerprint density at radius 1 is 1.37 bits per heavy atom. The third-order valence-electron chi connectivity index (χ3n) is 4.81. The number of hydrogen-bond acceptors (Lipinski definition) is 5. The van der Waals surface area contributed by atoms with Gasteiger partial charge in [0, 0.05) is 19.3 Å². The van der Waals surface area contributed by atoms with Gasteiger partial charge in [0.15, 0.2) is 5.82 Å². The summed E-state index contributed by atoms with van der Waals surface area (Å²) in [5.74, 6) is 2.33. The number of aryl methyl sites for hydroxylation is 1. The van der Waals surface area contributed by atoms with E-state index in [-0.39, 0.29) is 42.3 Å². The maximum Gasteiger partial charge on any atom is 0.343 e. The van der Waals surface area contributed by atoms with Crippen LogP contribution in [0, 0.1) is 23.5 Å². The van der Waals surface area contributed by atoms with Gasteiger partial charge in [-0.1, -0.05) is 11.8 Å². The van der Waals surface area contributed by atoms with Gasteiger partial charge in [0.2, 0.25) is 5.43 Å². The van der Waals surface area contributed by atoms with Crippen molar-refractivity contribution in [3.63, 3.8) is 0 Å². The molecule has 1 aliphatic heterocycles. The number of pyridine rings is 1. The molecule has 0 saturated carbocycles. The highest BCUT2D eigenvalue weighted by molar-refractivity contribution is 5.94. The second kappa shape index (κ2) is 9.83. The summed E-state index contributed by atoms with van der Waals surface area (Å²) in [6, 6.07) is 0.912. The topological polar surface area (TPSA) is 66.8 Å². The molecule has 3 rings (SSSR count). The number of hydrogen-bond donors (Lipinski definition) is 0. The van der Waals surface area contributed by atoms with Crippen LogP contribution in [0.5, 0.6) is 0 Å². The predicted octanol–water partition coefficient (Wildman–Crippen LogP) is 3.02. The number of carbonyl (C=O) groups excluding carboxylic acids is 1. The lowest BCUT2D eigenvalue weighted by Crippen LogP contribution is -2.25. The van der Waals surface area contributed by atoms with E-state index < -0.39 is 28.6 Å². The van der Waals surface area contributed by atoms with Crippen LogP contribution in [-0.4, -0.2) is 43.1 Å². The molecule has 1 aliphatic rings. The molecule has 1 atom stereocenters. The van der Waals surface area contributed by atoms with Gasteiger partial charge in [-0.3, -0.25) is 4.79 Å². The highest BCUT2D eigenvalue weighted by Crippen LogP contribution is 2.23. The molecule has 0 bridgehead atoms. The summed E-state index contributed by atoms with van der Waals surface area (Å²) in [7, 11) is 0. The summed E-state index contributed by atoms with van der Waals surface area (Å²) in [6.07, 6.45) is 2.90. The minimum absolute atomic E-state index is 0.00727. The van der Waals surface area contributed by atoms with Crippen LogP contribution < -0.4 is 5.43 Å². The lowest BCUT2D eigenvalue weighted by atomic mass is 10.1. The maximum absolute atomic E-state index is 15.1. The molecule has 0 aliphatic carbocycles. The minimum Gasteiger partial charge on any atom is -0.462 e. The molecule has 8 heteroatoms. The van der Waals surface area contributed by atoms with Gasteiger partial charge in [-0.15, -0.1) is 0 Å². The van der Waals surface area contributed by atoms with Crippen molar-refractivity contribution in [2.45, 2.75) is 39.3 Å². The Bertz CT molecular complexity index is 1060. The Hall–Kier alpha value is -2.76. The second-order valence-electron chi connectivity index (χ2n) is 6.77. The van der Waals surface area contributed by atoms with Crippen molar-refractivity contribution in [3.8, 4) is 11.8 Å². The number of rotatable bonds is 5. The van der Waals surface area contributed by atoms with Crippen molar-refractivity contribution in [1.29, 1.82) is 0 Å². The van der Waals surface area contributed by atoms with Gasteiger partial charge in [0.25, 0.3) is 0 Å². The van der Waals surface area contributed by atoms with Crippen molar-refractivity contribution in [2.75, 3.05) is 26.4 Å². The van der Waals surface area contributed by atoms with Crippen LogP contribution in [0.2, 0.25) is 0 Å². The Balaban J connectivity index is 1.98. The maximum atomic E-state index is 15.1. The third-order valence-corrected chi connectivity index (χ3v) is 4.81. The summed E-state index contributed by atoms with van der Waals surface area (Å²) in [4.78, 5) is 24.7. The van der Waals surface area contributed by atoms with E-state index in [1.165, 1.54) is 10.8 Å². The van der Waals surface area contributed by atoms with Gasteiger partial charge < -0.3 is 18.8 Å². The van der Waals surface area contributed by atoms with Crippen LogP contribution in [0.3, 0.4) is 0 Å². The van der Waals surface area contributed by atoms with Gasteiger partial charge >= 0.3 is 5.97 Å². The summed E-state index contributed by atoms with van der Waals surface area (Å²) in [6.45, 7) is 4.84. The standard InChI is InChI=1S/C22H23F2NO5/c1-3-25-12-17(22(27)29-4-2)21(26)16-11-18(23)15(19(24)20(16)25)8-6-10-30-14-7-5-9-28-13-14/h11-12,14H,3-5,7,9-10,13H2,1-2H3. The fourth-order valence-corrected chi connectivity index (χ4v) is 3.33. The number of esters is 1. The molecule has 0 spiro atoms. The third kappa shape index (κ3) is 4.53. The summed E-state index contributed by atoms with van der Waals surface area (Å²) < 4.78 is 46.8. The Morgan fingerprint density at radius 2 is 2.17 bits per heavy atom. The largest absolute Gasteiger partial charge is 0.462 e. The molecule has 0 N–H and O–H groups in total. The van der Waals surface area contributed by atoms with Gasteiger partial charge in [-0.2, -0.15) is 0 Å². The van der Waals surface area contributed by atoms with Crippen molar-refractivity contribution in [2.24, 2.45) is 0 Å². The number of nitrogens with zero attached hydrogens (tertiary/aromatic N) is 1. The smallest absolute Gasteiger partial charge is 0.343 e. The molecule has 160 valence electrons. The zero-order valence-electron chi connectivity index (χ0n) is 16.9. The number of carbonyl (C=O) groups is 1. The van der Waals surface area contributed by atoms with Gasteiger partial charge in [-0.05, 0) is 32.8 Å². The number of aromatic nitrogens is 1. The van der Waals surface area contributed by atoms with Gasteiger partial charge in [-0.25, -0.2) is 13.6 Å². The first-order valence-corrected chi connectivity index (χ1v) is 9.88. The quantitative estimate of drug-likeness (QED) is 0.551. The highest BCUT2D eigenvalue weighted by atomic mass is 19.1. The summed E-state index contributed by atoms with van der Waals surface area (Å²) in [5.41, 5.74) is -1.61. The molecule has 1 aromatic carbocycles. The number of halogens is 2. The molecular weight excluding hydrogens is 396 g/mol. The first-order chi connectivity index (χ1) is 14.5. The molecule has 2 heterocycles. The summed E-state index contributed by atoms with van der Waals surface area (Å²) in [5, 5.41) is -0.237. The Morgan fingerprint density at radius 3 is 2.83 bits per heavy atom. The van der Waals surface area contributed by atoms with Crippen LogP contribution in [0.4, 0.5) is 8.78 Å². The first kappa shape index (κ1) is 21.9. The zero-order chi connectivity index (χ0) is 21.7. The fraction of sp³-hybridized carbons (Fsp3) is 0.455. The van der Waals surface area contributed by atoms with Crippen LogP contribution in [0.1, 0.15) is 42.6 Å². The van der Waals surface area contributed by atoms with Gasteiger partial charge in [0.1, 0.15) is 18.0 Å². The molecule has 0 amide bonds. The molecular formula is C22H23F2NO5. The molecule has 1 aromatic heterocycles. The van der Waals surface area contributed by atoms with E-state index in [0.717, 1.165) is 18.9 Å². The predicted molar refractivity (Wildman–Crippen MR) is 106 cm³/mol. The SMILES string of the molecule is CCOC(=O)c1cn(CC)c2c(F)c(C#CCOC3CCCOC3)c(F)cc2c1=O. The molecule has 2 aromatic rings. The monoisotopic (exact) mass is 419 g/mol. The first-order valence-electron chi connectivity index (χ1n) is 9.88. The van der Waals surface area contributed by atoms with Crippen LogP contribution in [0.25, 0.3) is 10.9 Å². The normalized spacial score (nSPS) is 16.2. The molecule has 30 heavy (non-hydrogen) atoms. The average molecular weight is 419 g/mol. The van der Waals surface area contributed by atoms with E-state index >= 15 is 4.39 Å². The van der Waals surface area contributed by atoms with E-state index in [4.69, 9.17) is 14.2 Å². The van der Waals surface area contributed by atoms with Crippen molar-refractivity contribution in [3.05, 3.63) is 45.2 Å². The van der Waals surface area contributed by atoms with Crippen LogP contribution >= 0.6 is 0 Å². The van der Waals surface area contributed by atoms with Crippen molar-refractivity contribution < 1.29 is 27.8 Å². The minimum atomic E-state index is -0.978. The van der Waals surface area contributed by atoms with E-state index in [0.29, 0.717) is 13.2 Å². The average Bonchev–Trinajstić information content (AvgIpc) is 2.74. The summed E-state index contributed by atoms with van der Waals surface area (Å²) >= 11 is 0. The van der Waals surface area contributed by atoms with Crippen LogP contribution in [-0.2, 0) is 20.8 Å². The van der Waals surface area contributed by atoms with Crippen molar-refractivity contribution in [1.82, 2.24) is 4.57 Å². The van der Waals surface area contributed by atoms with Crippen molar-refractivity contribution >= 4 is 16.9 Å². The lowest BCUT2D eigenvalue weighted by molar-refractivity contribution is -0.0393. The second-order valence-corrected chi connectivity index (χ2v) is 6.77. The van der Waals surface area contributed by atoms with E-state index in [9.17, 15) is 14.0 Å². The van der Waals surface area contributed by atoms with E-state index in [1.807, 2.05) is 0 Å². The highest BCUT2D eigenvalue weighted by Gasteiger charge is 2.22. The van der Waals surface area contributed by atoms with Crippen LogP contribution in [0.15, 0.2) is 17.1 Å². The molecule has 1 saturated heterocycles.